The van der Waals surface area contributed by atoms with Gasteiger partial charge in [0.2, 0.25) is 0 Å². The first-order valence-corrected chi connectivity index (χ1v) is 50.8. The molecule has 0 unspecified atom stereocenters. The fraction of sp³-hybridized carbons (Fsp3) is 0. The van der Waals surface area contributed by atoms with Gasteiger partial charge in [-0.05, 0) is 274 Å². The van der Waals surface area contributed by atoms with Crippen molar-refractivity contribution in [3.05, 3.63) is 472 Å². The van der Waals surface area contributed by atoms with Crippen molar-refractivity contribution >= 4 is 189 Å². The van der Waals surface area contributed by atoms with Gasteiger partial charge in [-0.25, -0.2) is 0 Å². The van der Waals surface area contributed by atoms with Gasteiger partial charge in [-0.1, -0.05) is 309 Å². The molecule has 27 aromatic rings. The Hall–Kier alpha value is -16.6. The maximum atomic E-state index is 10.4. The fourth-order valence-electron chi connectivity index (χ4n) is 20.3. The monoisotopic (exact) mass is 1860 g/mol. The lowest BCUT2D eigenvalue weighted by molar-refractivity contribution is 1.47. The van der Waals surface area contributed by atoms with E-state index in [1.807, 2.05) is 135 Å². The number of hydrogen-bond acceptors (Lipinski definition) is 9. The highest BCUT2D eigenvalue weighted by Crippen LogP contribution is 2.51. The number of nitriles is 3. The predicted octanol–water partition coefficient (Wildman–Crippen LogP) is 38.9. The molecule has 0 saturated carbocycles. The lowest BCUT2D eigenvalue weighted by Gasteiger charge is -2.16. The van der Waals surface area contributed by atoms with E-state index in [0.717, 1.165) is 94.6 Å². The molecule has 0 aliphatic carbocycles. The largest absolute Gasteiger partial charge is 0.192 e. The Morgan fingerprint density at radius 2 is 0.377 bits per heavy atom. The summed E-state index contributed by atoms with van der Waals surface area (Å²) in [4.78, 5) is 0. The average molecular weight is 1860 g/mol. The van der Waals surface area contributed by atoms with Gasteiger partial charge in [-0.3, -0.25) is 0 Å². The van der Waals surface area contributed by atoms with Gasteiger partial charge < -0.3 is 0 Å². The molecule has 9 heteroatoms. The third-order valence-electron chi connectivity index (χ3n) is 26.8. The van der Waals surface area contributed by atoms with Crippen LogP contribution in [0.5, 0.6) is 0 Å². The van der Waals surface area contributed by atoms with Crippen LogP contribution in [0.2, 0.25) is 0 Å². The lowest BCUT2D eigenvalue weighted by atomic mass is 9.86. The third kappa shape index (κ3) is 15.2. The van der Waals surface area contributed by atoms with Crippen LogP contribution >= 0.6 is 68.0 Å². The first kappa shape index (κ1) is 83.3. The molecule has 0 aliphatic heterocycles. The average Bonchev–Trinajstić information content (AvgIpc) is 1.55. The van der Waals surface area contributed by atoms with Gasteiger partial charge in [0.05, 0.1) is 34.9 Å². The number of benzene rings is 21. The van der Waals surface area contributed by atoms with Gasteiger partial charge in [0.15, 0.2) is 0 Å². The molecule has 0 amide bonds. The van der Waals surface area contributed by atoms with Crippen molar-refractivity contribution in [2.24, 2.45) is 0 Å². The van der Waals surface area contributed by atoms with E-state index in [9.17, 15) is 15.8 Å². The van der Waals surface area contributed by atoms with Crippen LogP contribution in [0.4, 0.5) is 0 Å². The van der Waals surface area contributed by atoms with Crippen LogP contribution in [0, 0.1) is 34.0 Å². The molecule has 6 aromatic heterocycles. The first-order valence-electron chi connectivity index (χ1n) is 45.9. The number of rotatable bonds is 12. The molecule has 0 N–H and O–H groups in total. The minimum atomic E-state index is 0.670. The topological polar surface area (TPSA) is 71.4 Å². The molecule has 642 valence electrons. The molecule has 0 bridgehead atoms. The van der Waals surface area contributed by atoms with E-state index in [-0.39, 0.29) is 0 Å². The van der Waals surface area contributed by atoms with Crippen LogP contribution in [0.3, 0.4) is 0 Å². The maximum absolute atomic E-state index is 10.4. The summed E-state index contributed by atoms with van der Waals surface area (Å²) in [6.45, 7) is 0. The summed E-state index contributed by atoms with van der Waals surface area (Å²) < 4.78 is 15.5. The van der Waals surface area contributed by atoms with Crippen molar-refractivity contribution < 1.29 is 0 Å². The molecule has 0 radical (unpaired) electrons. The highest BCUT2D eigenvalue weighted by atomic mass is 32.1. The third-order valence-corrected chi connectivity index (χ3v) is 33.6. The maximum Gasteiger partial charge on any atom is 0.0998 e. The zero-order chi connectivity index (χ0) is 91.8. The summed E-state index contributed by atoms with van der Waals surface area (Å²) in [7, 11) is 0. The Labute approximate surface area is 821 Å². The summed E-state index contributed by atoms with van der Waals surface area (Å²) in [6.07, 6.45) is 0. The summed E-state index contributed by atoms with van der Waals surface area (Å²) in [5, 5.41) is 46.5. The van der Waals surface area contributed by atoms with Crippen LogP contribution < -0.4 is 0 Å². The Morgan fingerprint density at radius 1 is 0.130 bits per heavy atom. The van der Waals surface area contributed by atoms with E-state index in [2.05, 4.69) is 406 Å². The Bertz CT molecular complexity index is 9710. The lowest BCUT2D eigenvalue weighted by Crippen LogP contribution is -1.92. The van der Waals surface area contributed by atoms with E-state index >= 15 is 0 Å². The van der Waals surface area contributed by atoms with E-state index in [1.54, 1.807) is 0 Å². The SMILES string of the molecule is N#Cc1cc(-c2cc(-c3ccc4c(c3)sc3ccccc34)cc(-c3cccc4sc5ccccc5c34)c2)ccc1-c1ccccc1.N#Cc1cc(-c2ccccc2)ccc1-c1cc(-c2ccc3c(c2)sc2ccccc23)cc(-c2cccc3sc4ccccc4c23)c1.N#Cc1cccc(-c2ccccc2)c1-c1cc(-c2ccc3c(c2)sc2ccccc23)cc(-c2cccc3sc4ccccc4c23)c1. The first-order chi connectivity index (χ1) is 68.2. The van der Waals surface area contributed by atoms with Gasteiger partial charge in [-0.15, -0.1) is 68.0 Å². The molecule has 138 heavy (non-hydrogen) atoms. The highest BCUT2D eigenvalue weighted by Gasteiger charge is 2.24. The van der Waals surface area contributed by atoms with Crippen molar-refractivity contribution in [1.82, 2.24) is 0 Å². The molecule has 3 nitrogen and oxygen atoms in total. The van der Waals surface area contributed by atoms with E-state index in [1.165, 1.54) is 160 Å². The van der Waals surface area contributed by atoms with E-state index in [0.29, 0.717) is 16.7 Å². The van der Waals surface area contributed by atoms with E-state index in [4.69, 9.17) is 0 Å². The van der Waals surface area contributed by atoms with Crippen molar-refractivity contribution in [2.45, 2.75) is 0 Å². The van der Waals surface area contributed by atoms with Crippen LogP contribution in [-0.4, -0.2) is 0 Å². The normalized spacial score (nSPS) is 11.5. The van der Waals surface area contributed by atoms with Gasteiger partial charge in [0.25, 0.3) is 0 Å². The predicted molar refractivity (Wildman–Crippen MR) is 596 cm³/mol. The second-order valence-electron chi connectivity index (χ2n) is 34.8. The zero-order valence-corrected chi connectivity index (χ0v) is 79.0. The molecule has 0 atom stereocenters. The molecular formula is C129H75N3S6. The van der Waals surface area contributed by atoms with Crippen LogP contribution in [-0.2, 0) is 0 Å². The zero-order valence-electron chi connectivity index (χ0n) is 74.1. The van der Waals surface area contributed by atoms with Gasteiger partial charge >= 0.3 is 0 Å². The van der Waals surface area contributed by atoms with Crippen molar-refractivity contribution in [1.29, 1.82) is 15.8 Å². The molecule has 0 spiro atoms. The van der Waals surface area contributed by atoms with Crippen molar-refractivity contribution in [3.8, 4) is 152 Å². The minimum absolute atomic E-state index is 0.670. The molecular weight excluding hydrogens is 1780 g/mol. The molecule has 0 saturated heterocycles. The van der Waals surface area contributed by atoms with Crippen molar-refractivity contribution in [3.63, 3.8) is 0 Å². The quantitative estimate of drug-likeness (QED) is 0.122. The number of nitrogens with zero attached hydrogens (tertiary/aromatic N) is 3. The number of hydrogen-bond donors (Lipinski definition) is 0. The molecule has 0 fully saturated rings. The molecule has 27 rings (SSSR count). The van der Waals surface area contributed by atoms with Crippen molar-refractivity contribution in [2.75, 3.05) is 0 Å². The van der Waals surface area contributed by atoms with Crippen LogP contribution in [0.25, 0.3) is 255 Å². The highest BCUT2D eigenvalue weighted by molar-refractivity contribution is 7.28. The molecule has 0 aliphatic rings. The van der Waals surface area contributed by atoms with Crippen LogP contribution in [0.15, 0.2) is 455 Å². The summed E-state index contributed by atoms with van der Waals surface area (Å²) >= 11 is 11.0. The second-order valence-corrected chi connectivity index (χ2v) is 41.3. The van der Waals surface area contributed by atoms with Gasteiger partial charge in [0, 0.05) is 127 Å². The Balaban J connectivity index is 0.000000110. The van der Waals surface area contributed by atoms with Gasteiger partial charge in [0.1, 0.15) is 0 Å². The van der Waals surface area contributed by atoms with E-state index < -0.39 is 0 Å². The summed E-state index contributed by atoms with van der Waals surface area (Å²) in [5.74, 6) is 0. The standard InChI is InChI=1S/3C43H25NS2/c44-26-29-12-8-15-33(27-10-2-1-3-11-27)42(29)32-23-30(28-20-21-36-35-13-4-6-17-38(35)46-41(36)25-28)22-31(24-32)34-16-9-19-40-43(34)37-14-5-7-18-39(37)45-40;44-26-33-21-28(17-19-34(33)27-9-2-1-3-10-27)30-22-31(29-18-20-37-36-11-4-6-14-39(36)46-42(37)25-29)24-32(23-30)35-13-8-16-41-43(35)38-12-5-7-15-40(38)45-41;44-26-33-21-28(27-9-2-1-3-10-27)17-19-34(33)31-22-30(29-18-20-37-36-11-4-6-14-39(36)46-42(37)25-29)23-32(24-31)35-13-8-16-41-43(35)38-12-5-7-15-40(38)45-41/h3*1-25H. The summed E-state index contributed by atoms with van der Waals surface area (Å²) in [5.41, 5.74) is 28.5. The number of thiophene rings is 6. The number of fused-ring (bicyclic) bond motifs is 18. The molecule has 21 aromatic carbocycles. The van der Waals surface area contributed by atoms with Gasteiger partial charge in [-0.2, -0.15) is 15.8 Å². The Kier molecular flexibility index (Phi) is 21.3. The minimum Gasteiger partial charge on any atom is -0.192 e. The van der Waals surface area contributed by atoms with Crippen LogP contribution in [0.1, 0.15) is 16.7 Å². The molecule has 6 heterocycles. The smallest absolute Gasteiger partial charge is 0.0998 e. The fourth-order valence-corrected chi connectivity index (χ4v) is 27.1. The Morgan fingerprint density at radius 3 is 0.761 bits per heavy atom. The second kappa shape index (κ2) is 35.3. The summed E-state index contributed by atoms with van der Waals surface area (Å²) in [6, 6.07) is 170.